The van der Waals surface area contributed by atoms with Gasteiger partial charge in [0.2, 0.25) is 0 Å². The summed E-state index contributed by atoms with van der Waals surface area (Å²) >= 11 is 0. The van der Waals surface area contributed by atoms with Crippen molar-refractivity contribution < 1.29 is 0 Å². The van der Waals surface area contributed by atoms with Crippen LogP contribution in [0.3, 0.4) is 0 Å². The lowest BCUT2D eigenvalue weighted by Crippen LogP contribution is -2.13. The number of fused-ring (bicyclic) bond motifs is 1. The lowest BCUT2D eigenvalue weighted by Gasteiger charge is -2.07. The van der Waals surface area contributed by atoms with Crippen molar-refractivity contribution in [1.29, 1.82) is 0 Å². The third-order valence-electron chi connectivity index (χ3n) is 3.39. The van der Waals surface area contributed by atoms with Gasteiger partial charge in [0, 0.05) is 24.7 Å². The molecule has 0 aliphatic rings. The smallest absolute Gasteiger partial charge is 0.258 e. The van der Waals surface area contributed by atoms with Crippen LogP contribution in [0, 0.1) is 0 Å². The van der Waals surface area contributed by atoms with Crippen molar-refractivity contribution in [3.8, 4) is 11.3 Å². The molecule has 0 radical (unpaired) electrons. The van der Waals surface area contributed by atoms with Crippen LogP contribution in [0.15, 0.2) is 35.3 Å². The summed E-state index contributed by atoms with van der Waals surface area (Å²) in [4.78, 5) is 19.5. The zero-order valence-corrected chi connectivity index (χ0v) is 11.7. The number of benzene rings is 1. The van der Waals surface area contributed by atoms with Gasteiger partial charge in [0.15, 0.2) is 0 Å². The second kappa shape index (κ2) is 4.59. The molecule has 0 bridgehead atoms. The van der Waals surface area contributed by atoms with Crippen LogP contribution in [0.25, 0.3) is 22.2 Å². The Kier molecular flexibility index (Phi) is 2.89. The van der Waals surface area contributed by atoms with Gasteiger partial charge in [0.05, 0.1) is 16.6 Å². The van der Waals surface area contributed by atoms with E-state index in [-0.39, 0.29) is 11.5 Å². The molecule has 0 aliphatic carbocycles. The maximum Gasteiger partial charge on any atom is 0.258 e. The first-order chi connectivity index (χ1) is 9.56. The standard InChI is InChI=1S/C15H16N4O/c1-9(2)14-17-12-5-4-10(8-11(12)15(20)18-14)13-6-7-16-19(13)3/h4-9H,1-3H3,(H,17,18,20). The molecule has 0 unspecified atom stereocenters. The second-order valence-electron chi connectivity index (χ2n) is 5.18. The van der Waals surface area contributed by atoms with E-state index >= 15 is 0 Å². The monoisotopic (exact) mass is 268 g/mol. The van der Waals surface area contributed by atoms with Crippen LogP contribution in [0.2, 0.25) is 0 Å². The molecule has 0 saturated carbocycles. The summed E-state index contributed by atoms with van der Waals surface area (Å²) in [6.45, 7) is 4.02. The van der Waals surface area contributed by atoms with Crippen LogP contribution in [-0.2, 0) is 7.05 Å². The second-order valence-corrected chi connectivity index (χ2v) is 5.18. The van der Waals surface area contributed by atoms with Gasteiger partial charge < -0.3 is 4.98 Å². The Balaban J connectivity index is 2.22. The summed E-state index contributed by atoms with van der Waals surface area (Å²) < 4.78 is 1.78. The van der Waals surface area contributed by atoms with E-state index in [9.17, 15) is 4.79 Å². The topological polar surface area (TPSA) is 63.6 Å². The van der Waals surface area contributed by atoms with Gasteiger partial charge in [-0.3, -0.25) is 9.48 Å². The normalized spacial score (nSPS) is 11.4. The lowest BCUT2D eigenvalue weighted by molar-refractivity contribution is 0.774. The Morgan fingerprint density at radius 3 is 2.70 bits per heavy atom. The van der Waals surface area contributed by atoms with Crippen molar-refractivity contribution in [1.82, 2.24) is 19.7 Å². The first kappa shape index (κ1) is 12.6. The molecular formula is C15H16N4O. The number of aromatic amines is 1. The Labute approximate surface area is 116 Å². The van der Waals surface area contributed by atoms with E-state index < -0.39 is 0 Å². The molecule has 5 heteroatoms. The molecule has 1 aromatic carbocycles. The molecule has 20 heavy (non-hydrogen) atoms. The average Bonchev–Trinajstić information content (AvgIpc) is 2.84. The van der Waals surface area contributed by atoms with Crippen LogP contribution in [0.1, 0.15) is 25.6 Å². The summed E-state index contributed by atoms with van der Waals surface area (Å²) in [6.07, 6.45) is 1.74. The minimum absolute atomic E-state index is 0.0947. The SMILES string of the molecule is CC(C)c1nc2ccc(-c3ccnn3C)cc2c(=O)[nH]1. The van der Waals surface area contributed by atoms with Crippen molar-refractivity contribution >= 4 is 10.9 Å². The molecule has 2 heterocycles. The van der Waals surface area contributed by atoms with Crippen LogP contribution < -0.4 is 5.56 Å². The summed E-state index contributed by atoms with van der Waals surface area (Å²) in [5.41, 5.74) is 2.56. The van der Waals surface area contributed by atoms with E-state index in [1.54, 1.807) is 10.9 Å². The van der Waals surface area contributed by atoms with Gasteiger partial charge in [0.25, 0.3) is 5.56 Å². The number of hydrogen-bond acceptors (Lipinski definition) is 3. The van der Waals surface area contributed by atoms with Gasteiger partial charge in [-0.2, -0.15) is 5.10 Å². The van der Waals surface area contributed by atoms with Gasteiger partial charge in [-0.25, -0.2) is 4.98 Å². The molecule has 1 N–H and O–H groups in total. The maximum absolute atomic E-state index is 12.2. The third-order valence-corrected chi connectivity index (χ3v) is 3.39. The highest BCUT2D eigenvalue weighted by Gasteiger charge is 2.09. The van der Waals surface area contributed by atoms with Crippen molar-refractivity contribution in [2.45, 2.75) is 19.8 Å². The van der Waals surface area contributed by atoms with E-state index in [4.69, 9.17) is 0 Å². The number of nitrogens with one attached hydrogen (secondary N) is 1. The van der Waals surface area contributed by atoms with Gasteiger partial charge in [-0.1, -0.05) is 19.9 Å². The van der Waals surface area contributed by atoms with Crippen molar-refractivity contribution in [3.63, 3.8) is 0 Å². The number of rotatable bonds is 2. The van der Waals surface area contributed by atoms with Crippen LogP contribution >= 0.6 is 0 Å². The highest BCUT2D eigenvalue weighted by Crippen LogP contribution is 2.22. The zero-order valence-electron chi connectivity index (χ0n) is 11.7. The van der Waals surface area contributed by atoms with Gasteiger partial charge in [0.1, 0.15) is 5.82 Å². The number of aryl methyl sites for hydroxylation is 1. The fourth-order valence-corrected chi connectivity index (χ4v) is 2.25. The van der Waals surface area contributed by atoms with Crippen molar-refractivity contribution in [2.75, 3.05) is 0 Å². The Bertz CT molecular complexity index is 829. The van der Waals surface area contributed by atoms with Crippen molar-refractivity contribution in [3.05, 3.63) is 46.6 Å². The highest BCUT2D eigenvalue weighted by atomic mass is 16.1. The van der Waals surface area contributed by atoms with Crippen molar-refractivity contribution in [2.24, 2.45) is 7.05 Å². The fourth-order valence-electron chi connectivity index (χ4n) is 2.25. The maximum atomic E-state index is 12.2. The first-order valence-electron chi connectivity index (χ1n) is 6.58. The predicted molar refractivity (Wildman–Crippen MR) is 78.7 cm³/mol. The van der Waals surface area contributed by atoms with E-state index in [0.29, 0.717) is 5.39 Å². The molecule has 0 aliphatic heterocycles. The highest BCUT2D eigenvalue weighted by molar-refractivity contribution is 5.83. The van der Waals surface area contributed by atoms with Crippen LogP contribution in [0.4, 0.5) is 0 Å². The molecule has 3 rings (SSSR count). The molecule has 0 amide bonds. The molecule has 3 aromatic rings. The molecule has 0 saturated heterocycles. The van der Waals surface area contributed by atoms with Gasteiger partial charge >= 0.3 is 0 Å². The Hall–Kier alpha value is -2.43. The molecule has 0 spiro atoms. The summed E-state index contributed by atoms with van der Waals surface area (Å²) in [6, 6.07) is 7.64. The van der Waals surface area contributed by atoms with Crippen LogP contribution in [-0.4, -0.2) is 19.7 Å². The molecular weight excluding hydrogens is 252 g/mol. The Morgan fingerprint density at radius 1 is 1.25 bits per heavy atom. The number of hydrogen-bond donors (Lipinski definition) is 1. The third kappa shape index (κ3) is 2.01. The summed E-state index contributed by atoms with van der Waals surface area (Å²) in [7, 11) is 1.88. The predicted octanol–water partition coefficient (Wildman–Crippen LogP) is 2.45. The number of H-pyrrole nitrogens is 1. The average molecular weight is 268 g/mol. The minimum Gasteiger partial charge on any atom is -0.310 e. The first-order valence-corrected chi connectivity index (χ1v) is 6.58. The van der Waals surface area contributed by atoms with E-state index in [1.165, 1.54) is 0 Å². The molecule has 0 atom stereocenters. The molecule has 5 nitrogen and oxygen atoms in total. The van der Waals surface area contributed by atoms with Gasteiger partial charge in [-0.15, -0.1) is 0 Å². The molecule has 0 fully saturated rings. The van der Waals surface area contributed by atoms with E-state index in [2.05, 4.69) is 15.1 Å². The fraction of sp³-hybridized carbons (Fsp3) is 0.267. The molecule has 2 aromatic heterocycles. The molecule has 102 valence electrons. The quantitative estimate of drug-likeness (QED) is 0.776. The zero-order chi connectivity index (χ0) is 14.3. The number of aromatic nitrogens is 4. The summed E-state index contributed by atoms with van der Waals surface area (Å²) in [5.74, 6) is 0.916. The largest absolute Gasteiger partial charge is 0.310 e. The number of nitrogens with zero attached hydrogens (tertiary/aromatic N) is 3. The van der Waals surface area contributed by atoms with E-state index in [1.807, 2.05) is 45.2 Å². The minimum atomic E-state index is -0.0947. The van der Waals surface area contributed by atoms with E-state index in [0.717, 1.165) is 22.6 Å². The van der Waals surface area contributed by atoms with Crippen LogP contribution in [0.5, 0.6) is 0 Å². The van der Waals surface area contributed by atoms with Gasteiger partial charge in [-0.05, 0) is 18.2 Å². The summed E-state index contributed by atoms with van der Waals surface area (Å²) in [5, 5.41) is 4.75. The Morgan fingerprint density at radius 2 is 2.05 bits per heavy atom. The lowest BCUT2D eigenvalue weighted by atomic mass is 10.1.